The Morgan fingerprint density at radius 2 is 1.61 bits per heavy atom. The molecule has 0 bridgehead atoms. The Labute approximate surface area is 145 Å². The quantitative estimate of drug-likeness (QED) is 0.396. The van der Waals surface area contributed by atoms with Crippen LogP contribution in [0.15, 0.2) is 11.6 Å². The Morgan fingerprint density at radius 3 is 1.96 bits per heavy atom. The molecule has 0 saturated carbocycles. The van der Waals surface area contributed by atoms with Crippen LogP contribution in [0.5, 0.6) is 0 Å². The molecule has 0 aromatic heterocycles. The zero-order valence-electron chi connectivity index (χ0n) is 17.4. The fraction of sp³-hybridized carbons (Fsp3) is 0.905. The first kappa shape index (κ1) is 22.7. The molecule has 0 radical (unpaired) electrons. The second kappa shape index (κ2) is 8.67. The highest BCUT2D eigenvalue weighted by Gasteiger charge is 2.45. The Morgan fingerprint density at radius 1 is 1.09 bits per heavy atom. The van der Waals surface area contributed by atoms with Crippen LogP contribution in [0, 0.1) is 16.7 Å². The summed E-state index contributed by atoms with van der Waals surface area (Å²) >= 11 is 0. The lowest BCUT2D eigenvalue weighted by atomic mass is 9.66. The normalized spacial score (nSPS) is 19.1. The molecule has 0 heterocycles. The van der Waals surface area contributed by atoms with Crippen molar-refractivity contribution in [2.75, 3.05) is 0 Å². The first-order valence-electron chi connectivity index (χ1n) is 9.29. The monoisotopic (exact) mass is 326 g/mol. The van der Waals surface area contributed by atoms with Gasteiger partial charge in [0, 0.05) is 5.41 Å². The first-order chi connectivity index (χ1) is 10.3. The smallest absolute Gasteiger partial charge is 0.164 e. The van der Waals surface area contributed by atoms with Gasteiger partial charge in [0.2, 0.25) is 0 Å². The number of aliphatic hydroxyl groups excluding tert-OH is 1. The molecule has 138 valence electrons. The highest BCUT2D eigenvalue weighted by atomic mass is 16.6. The van der Waals surface area contributed by atoms with Crippen LogP contribution in [-0.4, -0.2) is 17.0 Å². The van der Waals surface area contributed by atoms with E-state index in [0.29, 0.717) is 5.92 Å². The Hall–Kier alpha value is -0.340. The summed E-state index contributed by atoms with van der Waals surface area (Å²) in [5.41, 5.74) is 0.440. The maximum Gasteiger partial charge on any atom is 0.164 e. The molecule has 0 rings (SSSR count). The van der Waals surface area contributed by atoms with Gasteiger partial charge in [-0.25, -0.2) is 0 Å². The van der Waals surface area contributed by atoms with Crippen molar-refractivity contribution in [3.63, 3.8) is 0 Å². The second-order valence-corrected chi connectivity index (χ2v) is 9.31. The summed E-state index contributed by atoms with van der Waals surface area (Å²) in [6.07, 6.45) is 5.62. The van der Waals surface area contributed by atoms with Crippen molar-refractivity contribution in [1.29, 1.82) is 0 Å². The number of hydrogen-bond acceptors (Lipinski definition) is 2. The zero-order valence-corrected chi connectivity index (χ0v) is 17.4. The summed E-state index contributed by atoms with van der Waals surface area (Å²) in [7, 11) is 0. The average Bonchev–Trinajstić information content (AvgIpc) is 2.35. The van der Waals surface area contributed by atoms with Gasteiger partial charge in [0.05, 0.1) is 5.60 Å². The standard InChI is InChI=1S/C21H42O2/c1-11-20(9,14-12-13-16(2)3)23-18(22)21(10,15-17(4)5)19(6,7)8/h15-16,18,22H,11-14H2,1-10H3. The third kappa shape index (κ3) is 6.97. The van der Waals surface area contributed by atoms with Gasteiger partial charge < -0.3 is 9.84 Å². The molecule has 0 saturated heterocycles. The van der Waals surface area contributed by atoms with Crippen molar-refractivity contribution < 1.29 is 9.84 Å². The molecule has 0 aliphatic heterocycles. The van der Waals surface area contributed by atoms with Gasteiger partial charge in [-0.3, -0.25) is 0 Å². The van der Waals surface area contributed by atoms with Crippen LogP contribution < -0.4 is 0 Å². The molecule has 0 aromatic rings. The number of rotatable bonds is 9. The Bertz CT molecular complexity index is 374. The Kier molecular flexibility index (Phi) is 8.54. The lowest BCUT2D eigenvalue weighted by Crippen LogP contribution is -2.47. The topological polar surface area (TPSA) is 29.5 Å². The summed E-state index contributed by atoms with van der Waals surface area (Å²) in [5.74, 6) is 0.714. The molecule has 3 atom stereocenters. The molecular formula is C21H42O2. The fourth-order valence-corrected chi connectivity index (χ4v) is 2.85. The predicted molar refractivity (Wildman–Crippen MR) is 101 cm³/mol. The largest absolute Gasteiger partial charge is 0.367 e. The van der Waals surface area contributed by atoms with E-state index in [1.165, 1.54) is 12.0 Å². The van der Waals surface area contributed by atoms with Crippen LogP contribution in [0.3, 0.4) is 0 Å². The van der Waals surface area contributed by atoms with Crippen molar-refractivity contribution in [3.8, 4) is 0 Å². The van der Waals surface area contributed by atoms with Crippen LogP contribution in [0.1, 0.15) is 94.9 Å². The highest BCUT2D eigenvalue weighted by molar-refractivity contribution is 5.10. The minimum atomic E-state index is -0.804. The SMILES string of the molecule is CCC(C)(CCCC(C)C)OC(O)C(C)(C=C(C)C)C(C)(C)C. The summed E-state index contributed by atoms with van der Waals surface area (Å²) in [6, 6.07) is 0. The van der Waals surface area contributed by atoms with Crippen LogP contribution in [-0.2, 0) is 4.74 Å². The summed E-state index contributed by atoms with van der Waals surface area (Å²) in [5, 5.41) is 11.0. The van der Waals surface area contributed by atoms with E-state index in [-0.39, 0.29) is 11.0 Å². The van der Waals surface area contributed by atoms with Crippen molar-refractivity contribution >= 4 is 0 Å². The number of hydrogen-bond donors (Lipinski definition) is 1. The third-order valence-corrected chi connectivity index (χ3v) is 5.35. The van der Waals surface area contributed by atoms with E-state index in [1.54, 1.807) is 0 Å². The van der Waals surface area contributed by atoms with Gasteiger partial charge in [-0.05, 0) is 44.9 Å². The van der Waals surface area contributed by atoms with E-state index in [2.05, 4.69) is 75.3 Å². The second-order valence-electron chi connectivity index (χ2n) is 9.31. The average molecular weight is 327 g/mol. The minimum Gasteiger partial charge on any atom is -0.367 e. The molecule has 0 amide bonds. The molecule has 1 N–H and O–H groups in total. The van der Waals surface area contributed by atoms with Gasteiger partial charge in [-0.1, -0.05) is 73.0 Å². The van der Waals surface area contributed by atoms with Crippen LogP contribution in [0.2, 0.25) is 0 Å². The number of aliphatic hydroxyl groups is 1. The molecule has 0 aromatic carbocycles. The van der Waals surface area contributed by atoms with Gasteiger partial charge in [0.25, 0.3) is 0 Å². The maximum absolute atomic E-state index is 11.0. The van der Waals surface area contributed by atoms with Crippen molar-refractivity contribution in [1.82, 2.24) is 0 Å². The minimum absolute atomic E-state index is 0.0870. The van der Waals surface area contributed by atoms with Crippen molar-refractivity contribution in [3.05, 3.63) is 11.6 Å². The molecule has 3 unspecified atom stereocenters. The van der Waals surface area contributed by atoms with Gasteiger partial charge in [-0.15, -0.1) is 0 Å². The maximum atomic E-state index is 11.0. The van der Waals surface area contributed by atoms with E-state index < -0.39 is 11.7 Å². The van der Waals surface area contributed by atoms with Crippen LogP contribution in [0.4, 0.5) is 0 Å². The number of ether oxygens (including phenoxy) is 1. The first-order valence-corrected chi connectivity index (χ1v) is 9.29. The summed E-state index contributed by atoms with van der Waals surface area (Å²) < 4.78 is 6.27. The summed E-state index contributed by atoms with van der Waals surface area (Å²) in [6.45, 7) is 21.6. The van der Waals surface area contributed by atoms with E-state index in [9.17, 15) is 5.11 Å². The molecule has 0 spiro atoms. The zero-order chi connectivity index (χ0) is 18.5. The fourth-order valence-electron chi connectivity index (χ4n) is 2.85. The molecule has 0 aliphatic rings. The Balaban J connectivity index is 5.21. The highest BCUT2D eigenvalue weighted by Crippen LogP contribution is 2.45. The van der Waals surface area contributed by atoms with Gasteiger partial charge in [-0.2, -0.15) is 0 Å². The van der Waals surface area contributed by atoms with E-state index in [4.69, 9.17) is 4.74 Å². The summed E-state index contributed by atoms with van der Waals surface area (Å²) in [4.78, 5) is 0. The predicted octanol–water partition coefficient (Wildman–Crippen LogP) is 6.34. The van der Waals surface area contributed by atoms with Gasteiger partial charge in [0.15, 0.2) is 6.29 Å². The van der Waals surface area contributed by atoms with E-state index in [1.807, 2.05) is 0 Å². The van der Waals surface area contributed by atoms with Crippen molar-refractivity contribution in [2.45, 2.75) is 107 Å². The van der Waals surface area contributed by atoms with Crippen molar-refractivity contribution in [2.24, 2.45) is 16.7 Å². The lowest BCUT2D eigenvalue weighted by molar-refractivity contribution is -0.240. The molecule has 2 heteroatoms. The molecule has 2 nitrogen and oxygen atoms in total. The number of allylic oxidation sites excluding steroid dienone is 1. The van der Waals surface area contributed by atoms with Crippen LogP contribution >= 0.6 is 0 Å². The van der Waals surface area contributed by atoms with E-state index in [0.717, 1.165) is 19.3 Å². The third-order valence-electron chi connectivity index (χ3n) is 5.35. The van der Waals surface area contributed by atoms with Gasteiger partial charge >= 0.3 is 0 Å². The lowest BCUT2D eigenvalue weighted by Gasteiger charge is -2.46. The van der Waals surface area contributed by atoms with Crippen LogP contribution in [0.25, 0.3) is 0 Å². The molecule has 0 fully saturated rings. The molecular weight excluding hydrogens is 284 g/mol. The molecule has 23 heavy (non-hydrogen) atoms. The van der Waals surface area contributed by atoms with Gasteiger partial charge in [0.1, 0.15) is 0 Å². The van der Waals surface area contributed by atoms with E-state index >= 15 is 0 Å². The molecule has 0 aliphatic carbocycles.